The van der Waals surface area contributed by atoms with Crippen LogP contribution in [0, 0.1) is 0 Å². The molecular weight excluding hydrogens is 260 g/mol. The van der Waals surface area contributed by atoms with Crippen molar-refractivity contribution in [3.63, 3.8) is 0 Å². The molecule has 2 aromatic rings. The molecule has 0 unspecified atom stereocenters. The Hall–Kier alpha value is -1.62. The number of fused-ring (bicyclic) bond motifs is 1. The van der Waals surface area contributed by atoms with E-state index in [1.54, 1.807) is 35.2 Å². The number of hydrogen-bond donors (Lipinski definition) is 0. The van der Waals surface area contributed by atoms with Gasteiger partial charge < -0.3 is 9.30 Å². The van der Waals surface area contributed by atoms with Crippen LogP contribution in [-0.4, -0.2) is 9.55 Å². The van der Waals surface area contributed by atoms with Crippen molar-refractivity contribution in [3.05, 3.63) is 44.8 Å². The summed E-state index contributed by atoms with van der Waals surface area (Å²) in [5.41, 5.74) is 2.08. The van der Waals surface area contributed by atoms with Crippen molar-refractivity contribution in [1.29, 1.82) is 0 Å². The van der Waals surface area contributed by atoms with E-state index in [0.717, 1.165) is 23.6 Å². The normalized spacial score (nSPS) is 14.2. The lowest BCUT2D eigenvalue weighted by molar-refractivity contribution is 0.303. The molecule has 0 aliphatic heterocycles. The van der Waals surface area contributed by atoms with Gasteiger partial charge in [0.25, 0.3) is 10.8 Å². The van der Waals surface area contributed by atoms with Gasteiger partial charge in [-0.3, -0.25) is 4.79 Å². The summed E-state index contributed by atoms with van der Waals surface area (Å²) in [5, 5.41) is 0.729. The summed E-state index contributed by atoms with van der Waals surface area (Å²) < 4.78 is 7.25. The Labute approximate surface area is 115 Å². The van der Waals surface area contributed by atoms with E-state index in [0.29, 0.717) is 6.61 Å². The number of rotatable bonds is 3. The summed E-state index contributed by atoms with van der Waals surface area (Å²) in [6.07, 6.45) is 6.44. The predicted octanol–water partition coefficient (Wildman–Crippen LogP) is 2.30. The topological polar surface area (TPSA) is 44.1 Å². The number of pyridine rings is 1. The highest BCUT2D eigenvalue weighted by Gasteiger charge is 2.15. The zero-order valence-corrected chi connectivity index (χ0v) is 11.7. The molecule has 2 aromatic heterocycles. The third kappa shape index (κ3) is 2.71. The molecule has 0 saturated carbocycles. The maximum absolute atomic E-state index is 11.5. The van der Waals surface area contributed by atoms with Crippen molar-refractivity contribution >= 4 is 11.3 Å². The van der Waals surface area contributed by atoms with Crippen LogP contribution in [0.2, 0.25) is 0 Å². The van der Waals surface area contributed by atoms with E-state index >= 15 is 0 Å². The van der Waals surface area contributed by atoms with Crippen LogP contribution in [-0.2, 0) is 26.5 Å². The van der Waals surface area contributed by atoms with Gasteiger partial charge in [0.1, 0.15) is 6.61 Å². The van der Waals surface area contributed by atoms with Crippen molar-refractivity contribution in [3.8, 4) is 5.19 Å². The van der Waals surface area contributed by atoms with E-state index in [2.05, 4.69) is 4.98 Å². The average molecular weight is 276 g/mol. The van der Waals surface area contributed by atoms with Gasteiger partial charge in [0.2, 0.25) is 0 Å². The van der Waals surface area contributed by atoms with E-state index < -0.39 is 0 Å². The maximum atomic E-state index is 11.5. The molecule has 100 valence electrons. The average Bonchev–Trinajstić information content (AvgIpc) is 2.83. The number of ether oxygens (including phenoxy) is 1. The minimum absolute atomic E-state index is 0.0143. The zero-order valence-electron chi connectivity index (χ0n) is 10.9. The van der Waals surface area contributed by atoms with Crippen molar-refractivity contribution in [2.75, 3.05) is 0 Å². The lowest BCUT2D eigenvalue weighted by Crippen LogP contribution is -2.15. The Morgan fingerprint density at radius 1 is 1.42 bits per heavy atom. The molecule has 0 bridgehead atoms. The van der Waals surface area contributed by atoms with E-state index in [1.807, 2.05) is 6.07 Å². The number of thiazole rings is 1. The fourth-order valence-corrected chi connectivity index (χ4v) is 3.21. The van der Waals surface area contributed by atoms with Gasteiger partial charge in [-0.25, -0.2) is 4.98 Å². The monoisotopic (exact) mass is 276 g/mol. The fourth-order valence-electron chi connectivity index (χ4n) is 2.21. The van der Waals surface area contributed by atoms with Gasteiger partial charge in [-0.05, 0) is 37.3 Å². The first-order valence-corrected chi connectivity index (χ1v) is 7.31. The molecule has 0 spiro atoms. The Bertz CT molecular complexity index is 622. The van der Waals surface area contributed by atoms with Crippen LogP contribution in [0.3, 0.4) is 0 Å². The molecule has 0 aromatic carbocycles. The lowest BCUT2D eigenvalue weighted by atomic mass is 10.0. The molecule has 0 atom stereocenters. The van der Waals surface area contributed by atoms with Gasteiger partial charge >= 0.3 is 0 Å². The second-order valence-corrected chi connectivity index (χ2v) is 5.88. The molecule has 0 saturated heterocycles. The predicted molar refractivity (Wildman–Crippen MR) is 74.8 cm³/mol. The molecular formula is C14H16N2O2S. The second-order valence-electron chi connectivity index (χ2n) is 4.83. The van der Waals surface area contributed by atoms with Gasteiger partial charge in [0.05, 0.1) is 5.69 Å². The summed E-state index contributed by atoms with van der Waals surface area (Å²) in [5.74, 6) is 0. The van der Waals surface area contributed by atoms with Gasteiger partial charge in [-0.15, -0.1) is 0 Å². The molecule has 4 nitrogen and oxygen atoms in total. The highest BCUT2D eigenvalue weighted by molar-refractivity contribution is 7.13. The molecule has 0 amide bonds. The van der Waals surface area contributed by atoms with E-state index in [1.165, 1.54) is 23.4 Å². The Balaban J connectivity index is 1.70. The van der Waals surface area contributed by atoms with E-state index in [-0.39, 0.29) is 5.56 Å². The van der Waals surface area contributed by atoms with Crippen molar-refractivity contribution in [2.45, 2.75) is 32.3 Å². The molecule has 0 fully saturated rings. The van der Waals surface area contributed by atoms with Crippen LogP contribution < -0.4 is 10.3 Å². The Morgan fingerprint density at radius 3 is 3.05 bits per heavy atom. The zero-order chi connectivity index (χ0) is 13.2. The Morgan fingerprint density at radius 2 is 2.26 bits per heavy atom. The molecule has 19 heavy (non-hydrogen) atoms. The third-order valence-corrected chi connectivity index (χ3v) is 4.43. The summed E-state index contributed by atoms with van der Waals surface area (Å²) >= 11 is 1.65. The smallest absolute Gasteiger partial charge is 0.273 e. The third-order valence-electron chi connectivity index (χ3n) is 3.36. The fraction of sp³-hybridized carbons (Fsp3) is 0.429. The highest BCUT2D eigenvalue weighted by Crippen LogP contribution is 2.31. The standard InChI is InChI=1S/C14H16N2O2S/c1-16-7-6-10(8-13(16)17)9-18-14-15-11-4-2-3-5-12(11)19-14/h6-8H,2-5,9H2,1H3. The second kappa shape index (κ2) is 5.17. The van der Waals surface area contributed by atoms with Gasteiger partial charge in [0.15, 0.2) is 0 Å². The van der Waals surface area contributed by atoms with Gasteiger partial charge in [0, 0.05) is 24.2 Å². The number of aromatic nitrogens is 2. The first-order chi connectivity index (χ1) is 9.22. The first-order valence-electron chi connectivity index (χ1n) is 6.49. The van der Waals surface area contributed by atoms with Crippen molar-refractivity contribution < 1.29 is 4.74 Å². The van der Waals surface area contributed by atoms with Crippen LogP contribution in [0.1, 0.15) is 29.0 Å². The minimum Gasteiger partial charge on any atom is -0.465 e. The number of nitrogens with zero attached hydrogens (tertiary/aromatic N) is 2. The SMILES string of the molecule is Cn1ccc(COc2nc3c(s2)CCCC3)cc1=O. The van der Waals surface area contributed by atoms with Crippen molar-refractivity contribution in [2.24, 2.45) is 7.05 Å². The first kappa shape index (κ1) is 12.4. The lowest BCUT2D eigenvalue weighted by Gasteiger charge is -2.06. The molecule has 1 aliphatic carbocycles. The summed E-state index contributed by atoms with van der Waals surface area (Å²) in [6.45, 7) is 0.405. The van der Waals surface area contributed by atoms with Crippen LogP contribution in [0.4, 0.5) is 0 Å². The molecule has 0 N–H and O–H groups in total. The summed E-state index contributed by atoms with van der Waals surface area (Å²) in [7, 11) is 1.74. The Kier molecular flexibility index (Phi) is 3.38. The quantitative estimate of drug-likeness (QED) is 0.864. The summed E-state index contributed by atoms with van der Waals surface area (Å²) in [6, 6.07) is 3.50. The molecule has 2 heterocycles. The van der Waals surface area contributed by atoms with E-state index in [4.69, 9.17) is 4.74 Å². The van der Waals surface area contributed by atoms with E-state index in [9.17, 15) is 4.79 Å². The molecule has 3 rings (SSSR count). The summed E-state index contributed by atoms with van der Waals surface area (Å²) in [4.78, 5) is 17.4. The van der Waals surface area contributed by atoms with Gasteiger partial charge in [-0.2, -0.15) is 0 Å². The minimum atomic E-state index is -0.0143. The highest BCUT2D eigenvalue weighted by atomic mass is 32.1. The maximum Gasteiger partial charge on any atom is 0.273 e. The van der Waals surface area contributed by atoms with Crippen LogP contribution in [0.25, 0.3) is 0 Å². The molecule has 1 aliphatic rings. The molecule has 0 radical (unpaired) electrons. The largest absolute Gasteiger partial charge is 0.465 e. The van der Waals surface area contributed by atoms with Crippen LogP contribution >= 0.6 is 11.3 Å². The van der Waals surface area contributed by atoms with Crippen LogP contribution in [0.15, 0.2) is 23.1 Å². The van der Waals surface area contributed by atoms with Crippen LogP contribution in [0.5, 0.6) is 5.19 Å². The number of aryl methyl sites for hydroxylation is 3. The molecule has 5 heteroatoms. The number of hydrogen-bond acceptors (Lipinski definition) is 4. The van der Waals surface area contributed by atoms with Crippen molar-refractivity contribution in [1.82, 2.24) is 9.55 Å². The van der Waals surface area contributed by atoms with Gasteiger partial charge in [-0.1, -0.05) is 11.3 Å².